The molecule has 9 heteroatoms. The first-order chi connectivity index (χ1) is 13.0. The summed E-state index contributed by atoms with van der Waals surface area (Å²) in [7, 11) is 0. The van der Waals surface area contributed by atoms with Gasteiger partial charge >= 0.3 is 6.09 Å². The molecule has 0 aliphatic carbocycles. The van der Waals surface area contributed by atoms with Gasteiger partial charge in [-0.2, -0.15) is 20.5 Å². The molecular weight excluding hydrogens is 360 g/mol. The van der Waals surface area contributed by atoms with Gasteiger partial charge < -0.3 is 14.5 Å². The van der Waals surface area contributed by atoms with Crippen LogP contribution in [0, 0.1) is 0 Å². The Hall–Kier alpha value is -2.06. The molecule has 3 rings (SSSR count). The Balaban J connectivity index is 1.54. The molecular formula is C19H32N6O3. The molecule has 0 spiro atoms. The molecule has 1 fully saturated rings. The van der Waals surface area contributed by atoms with Gasteiger partial charge in [-0.3, -0.25) is 4.79 Å². The van der Waals surface area contributed by atoms with Crippen LogP contribution < -0.4 is 0 Å². The number of rotatable bonds is 7. The van der Waals surface area contributed by atoms with E-state index in [9.17, 15) is 9.59 Å². The summed E-state index contributed by atoms with van der Waals surface area (Å²) in [5.74, 6) is 0.124. The molecule has 1 saturated heterocycles. The number of carbonyl (C=O) groups excluding carboxylic acids is 2. The normalized spacial score (nSPS) is 22.1. The molecule has 28 heavy (non-hydrogen) atoms. The zero-order valence-electron chi connectivity index (χ0n) is 17.6. The average molecular weight is 393 g/mol. The minimum Gasteiger partial charge on any atom is -0.444 e. The van der Waals surface area contributed by atoms with E-state index < -0.39 is 5.60 Å². The lowest BCUT2D eigenvalue weighted by Crippen LogP contribution is -2.50. The highest BCUT2D eigenvalue weighted by Gasteiger charge is 2.39. The summed E-state index contributed by atoms with van der Waals surface area (Å²) in [6.07, 6.45) is 3.03. The number of hydrogen-bond donors (Lipinski definition) is 0. The SMILES string of the molecule is CC1(CCC(=O)N(CCC2(C)N=N2)C2CCN(C(=O)OC(C)(C)C)CC2)N=N1. The first kappa shape index (κ1) is 20.7. The number of hydrogen-bond acceptors (Lipinski definition) is 7. The second-order valence-electron chi connectivity index (χ2n) is 9.37. The van der Waals surface area contributed by atoms with E-state index in [1.54, 1.807) is 4.90 Å². The summed E-state index contributed by atoms with van der Waals surface area (Å²) < 4.78 is 5.46. The summed E-state index contributed by atoms with van der Waals surface area (Å²) in [6.45, 7) is 11.3. The van der Waals surface area contributed by atoms with Crippen molar-refractivity contribution in [3.63, 3.8) is 0 Å². The van der Waals surface area contributed by atoms with Crippen LogP contribution in [0.5, 0.6) is 0 Å². The summed E-state index contributed by atoms with van der Waals surface area (Å²) in [5, 5.41) is 16.1. The van der Waals surface area contributed by atoms with E-state index in [1.807, 2.05) is 39.5 Å². The third-order valence-corrected chi connectivity index (χ3v) is 5.40. The number of amides is 2. The molecule has 0 unspecified atom stereocenters. The first-order valence-corrected chi connectivity index (χ1v) is 10.1. The number of carbonyl (C=O) groups is 2. The fourth-order valence-corrected chi connectivity index (χ4v) is 3.39. The van der Waals surface area contributed by atoms with Crippen molar-refractivity contribution < 1.29 is 14.3 Å². The third-order valence-electron chi connectivity index (χ3n) is 5.40. The Labute approximate surface area is 166 Å². The summed E-state index contributed by atoms with van der Waals surface area (Å²) in [5.41, 5.74) is -1.20. The Morgan fingerprint density at radius 1 is 1.04 bits per heavy atom. The molecule has 3 heterocycles. The van der Waals surface area contributed by atoms with Crippen LogP contribution >= 0.6 is 0 Å². The summed E-state index contributed by atoms with van der Waals surface area (Å²) in [6, 6.07) is 0.120. The number of nitrogens with zero attached hydrogens (tertiary/aromatic N) is 6. The topological polar surface area (TPSA) is 99.3 Å². The zero-order chi connectivity index (χ0) is 20.6. The van der Waals surface area contributed by atoms with E-state index in [2.05, 4.69) is 20.5 Å². The largest absolute Gasteiger partial charge is 0.444 e. The van der Waals surface area contributed by atoms with Crippen LogP contribution in [-0.4, -0.2) is 64.4 Å². The van der Waals surface area contributed by atoms with Crippen LogP contribution in [0.4, 0.5) is 4.79 Å². The molecule has 0 aromatic rings. The van der Waals surface area contributed by atoms with Crippen molar-refractivity contribution >= 4 is 12.0 Å². The van der Waals surface area contributed by atoms with Gasteiger partial charge in [-0.1, -0.05) is 0 Å². The van der Waals surface area contributed by atoms with Crippen molar-refractivity contribution in [2.45, 2.75) is 89.7 Å². The van der Waals surface area contributed by atoms with Gasteiger partial charge in [0.2, 0.25) is 5.91 Å². The highest BCUT2D eigenvalue weighted by atomic mass is 16.6. The Kier molecular flexibility index (Phi) is 5.46. The van der Waals surface area contributed by atoms with Gasteiger partial charge in [0.15, 0.2) is 11.3 Å². The van der Waals surface area contributed by atoms with Gasteiger partial charge in [0.25, 0.3) is 0 Å². The van der Waals surface area contributed by atoms with Crippen molar-refractivity contribution in [3.8, 4) is 0 Å². The highest BCUT2D eigenvalue weighted by Crippen LogP contribution is 2.34. The second kappa shape index (κ2) is 7.40. The van der Waals surface area contributed by atoms with Crippen LogP contribution in [0.1, 0.15) is 66.7 Å². The van der Waals surface area contributed by atoms with Crippen LogP contribution in [0.25, 0.3) is 0 Å². The van der Waals surface area contributed by atoms with Crippen molar-refractivity contribution in [2.75, 3.05) is 19.6 Å². The number of likely N-dealkylation sites (tertiary alicyclic amines) is 1. The molecule has 3 aliphatic rings. The van der Waals surface area contributed by atoms with Crippen molar-refractivity contribution in [3.05, 3.63) is 0 Å². The molecule has 0 aromatic heterocycles. The lowest BCUT2D eigenvalue weighted by Gasteiger charge is -2.39. The number of piperidine rings is 1. The van der Waals surface area contributed by atoms with Crippen LogP contribution in [0.3, 0.4) is 0 Å². The molecule has 156 valence electrons. The maximum atomic E-state index is 12.9. The Morgan fingerprint density at radius 3 is 2.07 bits per heavy atom. The smallest absolute Gasteiger partial charge is 0.410 e. The van der Waals surface area contributed by atoms with Gasteiger partial charge in [-0.15, -0.1) is 0 Å². The minimum absolute atomic E-state index is 0.120. The predicted molar refractivity (Wildman–Crippen MR) is 103 cm³/mol. The highest BCUT2D eigenvalue weighted by molar-refractivity contribution is 5.76. The maximum Gasteiger partial charge on any atom is 0.410 e. The van der Waals surface area contributed by atoms with Crippen molar-refractivity contribution in [1.29, 1.82) is 0 Å². The molecule has 0 saturated carbocycles. The molecule has 0 bridgehead atoms. The van der Waals surface area contributed by atoms with Crippen LogP contribution in [0.15, 0.2) is 20.5 Å². The van der Waals surface area contributed by atoms with Crippen molar-refractivity contribution in [2.24, 2.45) is 20.5 Å². The molecule has 0 aromatic carbocycles. The minimum atomic E-state index is -0.502. The third kappa shape index (κ3) is 5.72. The van der Waals surface area contributed by atoms with E-state index >= 15 is 0 Å². The van der Waals surface area contributed by atoms with E-state index in [0.717, 1.165) is 19.3 Å². The van der Waals surface area contributed by atoms with E-state index in [0.29, 0.717) is 32.5 Å². The van der Waals surface area contributed by atoms with E-state index in [-0.39, 0.29) is 29.4 Å². The Morgan fingerprint density at radius 2 is 1.57 bits per heavy atom. The maximum absolute atomic E-state index is 12.9. The molecule has 0 N–H and O–H groups in total. The summed E-state index contributed by atoms with van der Waals surface area (Å²) in [4.78, 5) is 28.9. The molecule has 3 aliphatic heterocycles. The molecule has 0 radical (unpaired) electrons. The van der Waals surface area contributed by atoms with Gasteiger partial charge in [-0.05, 0) is 47.5 Å². The Bertz CT molecular complexity index is 664. The quantitative estimate of drug-likeness (QED) is 0.659. The predicted octanol–water partition coefficient (Wildman–Crippen LogP) is 3.75. The first-order valence-electron chi connectivity index (χ1n) is 10.1. The second-order valence-corrected chi connectivity index (χ2v) is 9.37. The van der Waals surface area contributed by atoms with Crippen LogP contribution in [0.2, 0.25) is 0 Å². The molecule has 9 nitrogen and oxygen atoms in total. The monoisotopic (exact) mass is 392 g/mol. The van der Waals surface area contributed by atoms with Crippen molar-refractivity contribution in [1.82, 2.24) is 9.80 Å². The summed E-state index contributed by atoms with van der Waals surface area (Å²) >= 11 is 0. The van der Waals surface area contributed by atoms with Crippen LogP contribution in [-0.2, 0) is 9.53 Å². The van der Waals surface area contributed by atoms with Gasteiger partial charge in [-0.25, -0.2) is 4.79 Å². The van der Waals surface area contributed by atoms with Gasteiger partial charge in [0, 0.05) is 44.9 Å². The van der Waals surface area contributed by atoms with Gasteiger partial charge in [0.05, 0.1) is 0 Å². The standard InChI is InChI=1S/C19H32N6O3/c1-17(2,3)28-16(27)24-11-7-14(8-12-24)25(13-10-19(5)22-23-19)15(26)6-9-18(4)20-21-18/h14H,6-13H2,1-5H3. The fraction of sp³-hybridized carbons (Fsp3) is 0.895. The molecule has 0 atom stereocenters. The fourth-order valence-electron chi connectivity index (χ4n) is 3.39. The van der Waals surface area contributed by atoms with E-state index in [4.69, 9.17) is 4.74 Å². The zero-order valence-corrected chi connectivity index (χ0v) is 17.6. The lowest BCUT2D eigenvalue weighted by atomic mass is 10.0. The molecule has 2 amide bonds. The number of ether oxygens (including phenoxy) is 1. The lowest BCUT2D eigenvalue weighted by molar-refractivity contribution is -0.134. The average Bonchev–Trinajstić information content (AvgIpc) is 3.52. The van der Waals surface area contributed by atoms with Gasteiger partial charge in [0.1, 0.15) is 5.60 Å². The van der Waals surface area contributed by atoms with E-state index in [1.165, 1.54) is 0 Å².